The number of rotatable bonds is 6. The van der Waals surface area contributed by atoms with E-state index in [1.54, 1.807) is 6.92 Å². The minimum atomic E-state index is -1.81. The van der Waals surface area contributed by atoms with E-state index in [1.165, 1.54) is 16.7 Å². The van der Waals surface area contributed by atoms with Crippen molar-refractivity contribution in [3.63, 3.8) is 0 Å². The predicted molar refractivity (Wildman–Crippen MR) is 122 cm³/mol. The molecule has 2 aliphatic rings. The topological polar surface area (TPSA) is 26.3 Å². The molecule has 2 nitrogen and oxygen atoms in total. The number of hydrogen-bond donors (Lipinski definition) is 0. The van der Waals surface area contributed by atoms with Gasteiger partial charge >= 0.3 is 0 Å². The van der Waals surface area contributed by atoms with E-state index in [2.05, 4.69) is 66.0 Å². The Balaban J connectivity index is 2.55. The van der Waals surface area contributed by atoms with Gasteiger partial charge in [0.25, 0.3) is 0 Å². The monoisotopic (exact) mass is 400 g/mol. The minimum absolute atomic E-state index is 0.0192. The van der Waals surface area contributed by atoms with E-state index in [0.717, 1.165) is 19.3 Å². The molecule has 0 aromatic carbocycles. The molecule has 0 radical (unpaired) electrons. The van der Waals surface area contributed by atoms with Gasteiger partial charge in [-0.2, -0.15) is 0 Å². The average Bonchev–Trinajstić information content (AvgIpc) is 3.09. The zero-order chi connectivity index (χ0) is 21.1. The highest BCUT2D eigenvalue weighted by atomic mass is 28.3. The van der Waals surface area contributed by atoms with Crippen molar-refractivity contribution in [2.75, 3.05) is 13.2 Å². The molecule has 0 aromatic rings. The van der Waals surface area contributed by atoms with Crippen LogP contribution >= 0.6 is 0 Å². The Hall–Kier alpha value is -1.11. The molecule has 28 heavy (non-hydrogen) atoms. The molecule has 1 heterocycles. The van der Waals surface area contributed by atoms with E-state index in [4.69, 9.17) is 4.74 Å². The number of hydrogen-bond acceptors (Lipinski definition) is 2. The normalized spacial score (nSPS) is 24.2. The molecule has 1 aliphatic carbocycles. The molecule has 0 saturated carbocycles. The molecule has 2 atom stereocenters. The second kappa shape index (κ2) is 9.59. The van der Waals surface area contributed by atoms with Crippen LogP contribution in [0.25, 0.3) is 0 Å². The van der Waals surface area contributed by atoms with E-state index in [1.807, 2.05) is 0 Å². The zero-order valence-corrected chi connectivity index (χ0v) is 20.3. The van der Waals surface area contributed by atoms with Crippen LogP contribution < -0.4 is 0 Å². The van der Waals surface area contributed by atoms with Gasteiger partial charge < -0.3 is 4.74 Å². The highest BCUT2D eigenvalue weighted by molar-refractivity contribution is 6.90. The molecule has 0 N–H and O–H groups in total. The highest BCUT2D eigenvalue weighted by Crippen LogP contribution is 2.44. The molecule has 156 valence electrons. The molecule has 0 spiro atoms. The number of ether oxygens (including phenoxy) is 1. The number of ketones is 1. The van der Waals surface area contributed by atoms with Gasteiger partial charge in [-0.25, -0.2) is 0 Å². The molecule has 0 saturated heterocycles. The lowest BCUT2D eigenvalue weighted by atomic mass is 9.72. The summed E-state index contributed by atoms with van der Waals surface area (Å²) in [5.74, 6) is 4.00. The van der Waals surface area contributed by atoms with Gasteiger partial charge in [0.1, 0.15) is 13.9 Å². The Morgan fingerprint density at radius 2 is 1.75 bits per heavy atom. The standard InChI is InChI=1S/C25H40O2Si/c1-9-10-11-21-14-23(20(8)26)22(25-16-27-15-24(21)25)12-13-28(17(2)3,18(4)5)19(6)7/h11,17-19,22-23H,9-10,14-16H2,1-8H3/b21-11-/t22-,23+/m0/s1. The molecular formula is C25H40O2Si. The number of carbonyl (C=O) groups excluding carboxylic acids is 1. The van der Waals surface area contributed by atoms with Crippen molar-refractivity contribution in [2.24, 2.45) is 11.8 Å². The molecule has 2 rings (SSSR count). The van der Waals surface area contributed by atoms with E-state index in [0.29, 0.717) is 29.8 Å². The van der Waals surface area contributed by atoms with Crippen LogP contribution in [0.4, 0.5) is 0 Å². The molecule has 0 amide bonds. The lowest BCUT2D eigenvalue weighted by molar-refractivity contribution is -0.121. The van der Waals surface area contributed by atoms with Crippen molar-refractivity contribution in [1.82, 2.24) is 0 Å². The maximum absolute atomic E-state index is 12.6. The first-order valence-electron chi connectivity index (χ1n) is 11.2. The quantitative estimate of drug-likeness (QED) is 0.376. The van der Waals surface area contributed by atoms with Crippen molar-refractivity contribution < 1.29 is 9.53 Å². The van der Waals surface area contributed by atoms with Gasteiger partial charge in [0.15, 0.2) is 0 Å². The van der Waals surface area contributed by atoms with E-state index < -0.39 is 8.07 Å². The Morgan fingerprint density at radius 3 is 2.25 bits per heavy atom. The van der Waals surface area contributed by atoms with Gasteiger partial charge in [-0.05, 0) is 53.1 Å². The summed E-state index contributed by atoms with van der Waals surface area (Å²) in [5, 5.41) is 0. The lowest BCUT2D eigenvalue weighted by Gasteiger charge is -2.38. The van der Waals surface area contributed by atoms with E-state index in [9.17, 15) is 4.79 Å². The number of unbranched alkanes of at least 4 members (excludes halogenated alkanes) is 1. The third kappa shape index (κ3) is 4.39. The fraction of sp³-hybridized carbons (Fsp3) is 0.720. The number of allylic oxidation sites excluding steroid dienone is 1. The molecule has 0 unspecified atom stereocenters. The van der Waals surface area contributed by atoms with Gasteiger partial charge in [-0.1, -0.05) is 61.0 Å². The SMILES string of the molecule is CCC/C=C1/C[C@H](C(C)=O)[C@H](C#C[Si](C(C)C)(C(C)C)C(C)C)C2=C1COC2. The van der Waals surface area contributed by atoms with Crippen molar-refractivity contribution in [1.29, 1.82) is 0 Å². The van der Waals surface area contributed by atoms with Crippen LogP contribution in [0.5, 0.6) is 0 Å². The van der Waals surface area contributed by atoms with Gasteiger partial charge in [0.2, 0.25) is 0 Å². The second-order valence-electron chi connectivity index (χ2n) is 9.58. The molecule has 3 heteroatoms. The second-order valence-corrected chi connectivity index (χ2v) is 15.2. The van der Waals surface area contributed by atoms with Crippen LogP contribution in [0, 0.1) is 23.3 Å². The largest absolute Gasteiger partial charge is 0.372 e. The van der Waals surface area contributed by atoms with Gasteiger partial charge in [-0.15, -0.1) is 11.5 Å². The summed E-state index contributed by atoms with van der Waals surface area (Å²) >= 11 is 0. The van der Waals surface area contributed by atoms with Crippen molar-refractivity contribution in [2.45, 2.75) is 91.3 Å². The van der Waals surface area contributed by atoms with Gasteiger partial charge in [0.05, 0.1) is 19.1 Å². The Labute approximate surface area is 174 Å². The molecule has 0 fully saturated rings. The third-order valence-electron chi connectivity index (χ3n) is 7.01. The molecule has 1 aliphatic heterocycles. The first kappa shape index (κ1) is 23.2. The maximum Gasteiger partial charge on any atom is 0.145 e. The fourth-order valence-electron chi connectivity index (χ4n) is 5.47. The smallest absolute Gasteiger partial charge is 0.145 e. The third-order valence-corrected chi connectivity index (χ3v) is 13.3. The van der Waals surface area contributed by atoms with E-state index >= 15 is 0 Å². The molecule has 0 aromatic heterocycles. The van der Waals surface area contributed by atoms with Crippen molar-refractivity contribution >= 4 is 13.9 Å². The first-order chi connectivity index (χ1) is 13.2. The van der Waals surface area contributed by atoms with E-state index in [-0.39, 0.29) is 17.6 Å². The zero-order valence-electron chi connectivity index (χ0n) is 19.3. The molecular weight excluding hydrogens is 360 g/mol. The summed E-state index contributed by atoms with van der Waals surface area (Å²) < 4.78 is 5.85. The average molecular weight is 401 g/mol. The summed E-state index contributed by atoms with van der Waals surface area (Å²) in [6.45, 7) is 19.4. The van der Waals surface area contributed by atoms with Crippen LogP contribution in [0.2, 0.25) is 16.6 Å². The Bertz CT molecular complexity index is 678. The summed E-state index contributed by atoms with van der Waals surface area (Å²) in [6, 6.07) is 0. The Kier molecular flexibility index (Phi) is 7.94. The Morgan fingerprint density at radius 1 is 1.14 bits per heavy atom. The number of Topliss-reactive ketones (excluding diaryl/α,β-unsaturated/α-hetero) is 1. The minimum Gasteiger partial charge on any atom is -0.372 e. The number of carbonyl (C=O) groups is 1. The lowest BCUT2D eigenvalue weighted by Crippen LogP contribution is -2.43. The molecule has 0 bridgehead atoms. The van der Waals surface area contributed by atoms with Crippen LogP contribution in [0.15, 0.2) is 22.8 Å². The van der Waals surface area contributed by atoms with Gasteiger partial charge in [-0.3, -0.25) is 4.79 Å². The summed E-state index contributed by atoms with van der Waals surface area (Å²) in [7, 11) is -1.81. The first-order valence-corrected chi connectivity index (χ1v) is 13.4. The van der Waals surface area contributed by atoms with Crippen LogP contribution in [0.3, 0.4) is 0 Å². The highest BCUT2D eigenvalue weighted by Gasteiger charge is 2.43. The van der Waals surface area contributed by atoms with Gasteiger partial charge in [0, 0.05) is 5.92 Å². The fourth-order valence-corrected chi connectivity index (χ4v) is 10.7. The summed E-state index contributed by atoms with van der Waals surface area (Å²) in [6.07, 6.45) is 5.36. The van der Waals surface area contributed by atoms with Crippen molar-refractivity contribution in [3.8, 4) is 11.5 Å². The van der Waals surface area contributed by atoms with Crippen LogP contribution in [-0.2, 0) is 9.53 Å². The van der Waals surface area contributed by atoms with Crippen LogP contribution in [-0.4, -0.2) is 27.1 Å². The maximum atomic E-state index is 12.6. The van der Waals surface area contributed by atoms with Crippen LogP contribution in [0.1, 0.15) is 74.7 Å². The summed E-state index contributed by atoms with van der Waals surface area (Å²) in [4.78, 5) is 12.6. The predicted octanol–water partition coefficient (Wildman–Crippen LogP) is 6.49. The summed E-state index contributed by atoms with van der Waals surface area (Å²) in [5.41, 5.74) is 9.67. The van der Waals surface area contributed by atoms with Crippen molar-refractivity contribution in [3.05, 3.63) is 22.8 Å².